The van der Waals surface area contributed by atoms with Crippen molar-refractivity contribution in [1.82, 2.24) is 0 Å². The van der Waals surface area contributed by atoms with E-state index in [4.69, 9.17) is 11.6 Å². The molecule has 0 radical (unpaired) electrons. The number of alkyl halides is 3. The first-order chi connectivity index (χ1) is 10.2. The minimum atomic E-state index is -4.83. The molecule has 0 aromatic heterocycles. The Balaban J connectivity index is 2.31. The van der Waals surface area contributed by atoms with Crippen LogP contribution in [-0.4, -0.2) is 13.8 Å². The molecule has 0 saturated heterocycles. The first kappa shape index (κ1) is 16.4. The van der Waals surface area contributed by atoms with Crippen LogP contribution in [0.4, 0.5) is 23.2 Å². The van der Waals surface area contributed by atoms with Crippen molar-refractivity contribution in [1.29, 1.82) is 0 Å². The molecule has 0 spiro atoms. The summed E-state index contributed by atoms with van der Waals surface area (Å²) < 4.78 is 51.7. The molecular weight excluding hydrogens is 320 g/mol. The van der Waals surface area contributed by atoms with Crippen LogP contribution in [0.3, 0.4) is 0 Å². The highest BCUT2D eigenvalue weighted by molar-refractivity contribution is 6.45. The predicted molar refractivity (Wildman–Crippen MR) is 79.0 cm³/mol. The highest BCUT2D eigenvalue weighted by Crippen LogP contribution is 2.33. The topological polar surface area (TPSA) is 29.1 Å². The number of hydrogen-bond acceptors (Lipinski definition) is 1. The van der Waals surface area contributed by atoms with Gasteiger partial charge in [0.05, 0.1) is 11.3 Å². The van der Waals surface area contributed by atoms with E-state index in [2.05, 4.69) is 5.32 Å². The highest BCUT2D eigenvalue weighted by Gasteiger charge is 2.35. The van der Waals surface area contributed by atoms with Crippen molar-refractivity contribution in [2.24, 2.45) is 0 Å². The smallest absolute Gasteiger partial charge is 0.319 e. The molecule has 22 heavy (non-hydrogen) atoms. The fourth-order valence-corrected chi connectivity index (χ4v) is 1.95. The van der Waals surface area contributed by atoms with Crippen molar-refractivity contribution in [3.8, 4) is 0 Å². The molecule has 2 aromatic rings. The standard InChI is InChI=1S/C14H9BClF4NO/c15-9-6-7(4-5-10(9)16)13(22)21-11-3-1-2-8(12(11)17)14(18,19)20/h1-6H,15H2,(H,21,22). The van der Waals surface area contributed by atoms with Gasteiger partial charge in [0, 0.05) is 10.6 Å². The third kappa shape index (κ3) is 3.41. The number of hydrogen-bond donors (Lipinski definition) is 1. The van der Waals surface area contributed by atoms with Gasteiger partial charge in [0.15, 0.2) is 5.82 Å². The zero-order chi connectivity index (χ0) is 16.5. The van der Waals surface area contributed by atoms with Crippen LogP contribution in [0.5, 0.6) is 0 Å². The molecule has 8 heteroatoms. The Labute approximate surface area is 129 Å². The van der Waals surface area contributed by atoms with Gasteiger partial charge in [-0.2, -0.15) is 13.2 Å². The van der Waals surface area contributed by atoms with E-state index in [0.717, 1.165) is 12.1 Å². The van der Waals surface area contributed by atoms with E-state index >= 15 is 0 Å². The van der Waals surface area contributed by atoms with Crippen LogP contribution in [-0.2, 0) is 6.18 Å². The lowest BCUT2D eigenvalue weighted by Gasteiger charge is -2.12. The van der Waals surface area contributed by atoms with Crippen molar-refractivity contribution in [2.75, 3.05) is 5.32 Å². The summed E-state index contributed by atoms with van der Waals surface area (Å²) in [5.41, 5.74) is -1.18. The van der Waals surface area contributed by atoms with Crippen molar-refractivity contribution in [3.05, 3.63) is 58.4 Å². The van der Waals surface area contributed by atoms with Crippen molar-refractivity contribution in [2.45, 2.75) is 6.18 Å². The Hall–Kier alpha value is -2.02. The van der Waals surface area contributed by atoms with E-state index in [0.29, 0.717) is 16.6 Å². The van der Waals surface area contributed by atoms with Gasteiger partial charge in [-0.3, -0.25) is 4.79 Å². The van der Waals surface area contributed by atoms with E-state index < -0.39 is 29.2 Å². The van der Waals surface area contributed by atoms with Gasteiger partial charge in [-0.25, -0.2) is 4.39 Å². The number of amides is 1. The van der Waals surface area contributed by atoms with Crippen molar-refractivity contribution < 1.29 is 22.4 Å². The molecule has 0 aliphatic carbocycles. The summed E-state index contributed by atoms with van der Waals surface area (Å²) in [6.07, 6.45) is -4.83. The van der Waals surface area contributed by atoms with Crippen LogP contribution < -0.4 is 10.8 Å². The molecule has 2 rings (SSSR count). The van der Waals surface area contributed by atoms with Crippen molar-refractivity contribution in [3.63, 3.8) is 0 Å². The summed E-state index contributed by atoms with van der Waals surface area (Å²) in [5.74, 6) is -2.24. The average Bonchev–Trinajstić information content (AvgIpc) is 2.42. The third-order valence-corrected chi connectivity index (χ3v) is 3.40. The van der Waals surface area contributed by atoms with Gasteiger partial charge in [0.25, 0.3) is 5.91 Å². The average molecular weight is 329 g/mol. The number of nitrogens with one attached hydrogen (secondary N) is 1. The molecule has 114 valence electrons. The lowest BCUT2D eigenvalue weighted by molar-refractivity contribution is -0.139. The monoisotopic (exact) mass is 329 g/mol. The molecule has 2 nitrogen and oxygen atoms in total. The Kier molecular flexibility index (Phi) is 4.46. The maximum atomic E-state index is 13.8. The molecule has 2 aromatic carbocycles. The molecule has 0 unspecified atom stereocenters. The Morgan fingerprint density at radius 2 is 1.86 bits per heavy atom. The number of anilines is 1. The van der Waals surface area contributed by atoms with Crippen LogP contribution in [0.2, 0.25) is 5.02 Å². The molecule has 0 bridgehead atoms. The second kappa shape index (κ2) is 6.00. The Morgan fingerprint density at radius 3 is 2.45 bits per heavy atom. The lowest BCUT2D eigenvalue weighted by atomic mass is 9.94. The van der Waals surface area contributed by atoms with Gasteiger partial charge >= 0.3 is 6.18 Å². The molecule has 0 saturated carbocycles. The second-order valence-corrected chi connectivity index (χ2v) is 4.99. The van der Waals surface area contributed by atoms with E-state index in [9.17, 15) is 22.4 Å². The van der Waals surface area contributed by atoms with E-state index in [-0.39, 0.29) is 5.56 Å². The van der Waals surface area contributed by atoms with Gasteiger partial charge in [0.1, 0.15) is 7.85 Å². The number of rotatable bonds is 2. The summed E-state index contributed by atoms with van der Waals surface area (Å²) in [5, 5.41) is 2.57. The van der Waals surface area contributed by atoms with Crippen LogP contribution in [0.1, 0.15) is 15.9 Å². The van der Waals surface area contributed by atoms with E-state index in [1.54, 1.807) is 7.85 Å². The number of carbonyl (C=O) groups is 1. The molecule has 0 atom stereocenters. The number of benzene rings is 2. The zero-order valence-electron chi connectivity index (χ0n) is 11.3. The fourth-order valence-electron chi connectivity index (χ4n) is 1.83. The third-order valence-electron chi connectivity index (χ3n) is 2.97. The summed E-state index contributed by atoms with van der Waals surface area (Å²) in [7, 11) is 1.67. The lowest BCUT2D eigenvalue weighted by Crippen LogP contribution is -2.17. The van der Waals surface area contributed by atoms with Gasteiger partial charge < -0.3 is 5.32 Å². The Bertz CT molecular complexity index is 733. The molecule has 1 amide bonds. The second-order valence-electron chi connectivity index (χ2n) is 4.58. The number of carbonyl (C=O) groups excluding carboxylic acids is 1. The number of halogens is 5. The maximum absolute atomic E-state index is 13.8. The fraction of sp³-hybridized carbons (Fsp3) is 0.0714. The van der Waals surface area contributed by atoms with Gasteiger partial charge in [0.2, 0.25) is 0 Å². The quantitative estimate of drug-likeness (QED) is 0.666. The van der Waals surface area contributed by atoms with Crippen LogP contribution in [0.25, 0.3) is 0 Å². The molecule has 1 N–H and O–H groups in total. The minimum absolute atomic E-state index is 0.165. The molecule has 0 aliphatic heterocycles. The first-order valence-corrected chi connectivity index (χ1v) is 6.51. The van der Waals surface area contributed by atoms with Gasteiger partial charge in [-0.05, 0) is 24.3 Å². The van der Waals surface area contributed by atoms with Crippen LogP contribution in [0.15, 0.2) is 36.4 Å². The summed E-state index contributed by atoms with van der Waals surface area (Å²) in [6.45, 7) is 0. The molecule has 0 fully saturated rings. The van der Waals surface area contributed by atoms with Gasteiger partial charge in [-0.1, -0.05) is 29.2 Å². The SMILES string of the molecule is Bc1cc(C(=O)Nc2cccc(C(F)(F)F)c2F)ccc1Cl. The highest BCUT2D eigenvalue weighted by atomic mass is 35.5. The molecule has 0 heterocycles. The Morgan fingerprint density at radius 1 is 1.18 bits per heavy atom. The summed E-state index contributed by atoms with van der Waals surface area (Å²) in [6, 6.07) is 7.03. The first-order valence-electron chi connectivity index (χ1n) is 6.13. The molecule has 0 aliphatic rings. The summed E-state index contributed by atoms with van der Waals surface area (Å²) >= 11 is 5.83. The normalized spacial score (nSPS) is 11.3. The van der Waals surface area contributed by atoms with Gasteiger partial charge in [-0.15, -0.1) is 0 Å². The minimum Gasteiger partial charge on any atom is -0.319 e. The zero-order valence-corrected chi connectivity index (χ0v) is 12.0. The van der Waals surface area contributed by atoms with E-state index in [1.165, 1.54) is 18.2 Å². The summed E-state index contributed by atoms with van der Waals surface area (Å²) in [4.78, 5) is 12.0. The van der Waals surface area contributed by atoms with E-state index in [1.807, 2.05) is 0 Å². The maximum Gasteiger partial charge on any atom is 0.419 e. The largest absolute Gasteiger partial charge is 0.419 e. The van der Waals surface area contributed by atoms with Crippen LogP contribution in [0, 0.1) is 5.82 Å². The predicted octanol–water partition coefficient (Wildman–Crippen LogP) is 3.01. The van der Waals surface area contributed by atoms with Crippen LogP contribution >= 0.6 is 11.6 Å². The molecular formula is C14H9BClF4NO. The van der Waals surface area contributed by atoms with Crippen molar-refractivity contribution >= 4 is 36.5 Å².